The lowest BCUT2D eigenvalue weighted by Crippen LogP contribution is -2.27. The second-order valence-electron chi connectivity index (χ2n) is 6.88. The minimum absolute atomic E-state index is 0.200. The van der Waals surface area contributed by atoms with Crippen LogP contribution in [0.25, 0.3) is 6.08 Å². The van der Waals surface area contributed by atoms with E-state index >= 15 is 0 Å². The molecule has 31 heavy (non-hydrogen) atoms. The Kier molecular flexibility index (Phi) is 6.39. The van der Waals surface area contributed by atoms with Crippen molar-refractivity contribution in [3.8, 4) is 5.75 Å². The third kappa shape index (κ3) is 5.34. The van der Waals surface area contributed by atoms with Gasteiger partial charge in [-0.1, -0.05) is 48.0 Å². The summed E-state index contributed by atoms with van der Waals surface area (Å²) in [4.78, 5) is 26.6. The van der Waals surface area contributed by atoms with Crippen molar-refractivity contribution in [1.82, 2.24) is 4.90 Å². The molecule has 156 valence electrons. The number of halogens is 2. The van der Waals surface area contributed by atoms with Crippen LogP contribution in [-0.2, 0) is 17.9 Å². The highest BCUT2D eigenvalue weighted by Gasteiger charge is 2.34. The van der Waals surface area contributed by atoms with Gasteiger partial charge >= 0.3 is 0 Å². The first-order valence-electron chi connectivity index (χ1n) is 9.45. The number of imide groups is 1. The van der Waals surface area contributed by atoms with Crippen molar-refractivity contribution in [3.05, 3.63) is 105 Å². The molecule has 0 N–H and O–H groups in total. The molecule has 0 aromatic heterocycles. The average Bonchev–Trinajstić information content (AvgIpc) is 3.02. The Balaban J connectivity index is 1.40. The molecule has 0 unspecified atom stereocenters. The van der Waals surface area contributed by atoms with Crippen molar-refractivity contribution in [3.63, 3.8) is 0 Å². The van der Waals surface area contributed by atoms with Crippen LogP contribution < -0.4 is 4.74 Å². The number of nitrogens with zero attached hydrogens (tertiary/aromatic N) is 1. The fourth-order valence-electron chi connectivity index (χ4n) is 3.01. The molecule has 2 amide bonds. The van der Waals surface area contributed by atoms with E-state index < -0.39 is 0 Å². The van der Waals surface area contributed by atoms with Gasteiger partial charge in [0.1, 0.15) is 18.2 Å². The van der Waals surface area contributed by atoms with E-state index in [1.165, 1.54) is 17.0 Å². The second kappa shape index (κ2) is 9.37. The number of rotatable bonds is 6. The minimum atomic E-state index is -0.323. The van der Waals surface area contributed by atoms with Crippen molar-refractivity contribution in [2.75, 3.05) is 0 Å². The maximum atomic E-state index is 13.2. The predicted octanol–water partition coefficient (Wildman–Crippen LogP) is 6.29. The van der Waals surface area contributed by atoms with Crippen molar-refractivity contribution in [2.45, 2.75) is 13.2 Å². The SMILES string of the molecule is O=C1S/C(=C\c2ccc(OCc3cccc(F)c3)cc2)C(=O)N1Cc1ccc(Cl)cc1. The highest BCUT2D eigenvalue weighted by Crippen LogP contribution is 2.33. The molecule has 1 saturated heterocycles. The summed E-state index contributed by atoms with van der Waals surface area (Å²) in [6.45, 7) is 0.451. The molecule has 0 saturated carbocycles. The molecule has 0 spiro atoms. The maximum absolute atomic E-state index is 13.2. The molecular formula is C24H17ClFNO3S. The fourth-order valence-corrected chi connectivity index (χ4v) is 3.98. The zero-order valence-electron chi connectivity index (χ0n) is 16.3. The van der Waals surface area contributed by atoms with Crippen molar-refractivity contribution in [1.29, 1.82) is 0 Å². The standard InChI is InChI=1S/C24H17ClFNO3S/c25-19-8-4-17(5-9-19)14-27-23(28)22(31-24(27)29)13-16-6-10-21(11-7-16)30-15-18-2-1-3-20(26)12-18/h1-13H,14-15H2/b22-13-. The zero-order valence-corrected chi connectivity index (χ0v) is 17.8. The Hall–Kier alpha value is -3.09. The number of ether oxygens (including phenoxy) is 1. The Morgan fingerprint density at radius 2 is 1.71 bits per heavy atom. The van der Waals surface area contributed by atoms with Gasteiger partial charge < -0.3 is 4.74 Å². The van der Waals surface area contributed by atoms with Crippen molar-refractivity contribution >= 4 is 40.6 Å². The highest BCUT2D eigenvalue weighted by molar-refractivity contribution is 8.18. The van der Waals surface area contributed by atoms with Crippen LogP contribution in [-0.4, -0.2) is 16.0 Å². The van der Waals surface area contributed by atoms with Crippen LogP contribution >= 0.6 is 23.4 Å². The third-order valence-electron chi connectivity index (χ3n) is 4.60. The fraction of sp³-hybridized carbons (Fsp3) is 0.0833. The van der Waals surface area contributed by atoms with Crippen LogP contribution in [0.3, 0.4) is 0 Å². The molecule has 1 heterocycles. The molecule has 0 bridgehead atoms. The van der Waals surface area contributed by atoms with E-state index in [1.807, 2.05) is 0 Å². The summed E-state index contributed by atoms with van der Waals surface area (Å²) in [7, 11) is 0. The molecule has 0 radical (unpaired) electrons. The van der Waals surface area contributed by atoms with Crippen molar-refractivity contribution in [2.24, 2.45) is 0 Å². The van der Waals surface area contributed by atoms with E-state index in [-0.39, 0.29) is 30.1 Å². The zero-order chi connectivity index (χ0) is 21.8. The Morgan fingerprint density at radius 3 is 2.42 bits per heavy atom. The van der Waals surface area contributed by atoms with Gasteiger partial charge in [-0.3, -0.25) is 14.5 Å². The van der Waals surface area contributed by atoms with Gasteiger partial charge in [0.15, 0.2) is 0 Å². The summed E-state index contributed by atoms with van der Waals surface area (Å²) >= 11 is 6.80. The molecule has 0 atom stereocenters. The van der Waals surface area contributed by atoms with E-state index in [1.54, 1.807) is 66.7 Å². The summed E-state index contributed by atoms with van der Waals surface area (Å²) < 4.78 is 18.9. The van der Waals surface area contributed by atoms with Gasteiger partial charge in [-0.2, -0.15) is 0 Å². The largest absolute Gasteiger partial charge is 0.489 e. The van der Waals surface area contributed by atoms with Gasteiger partial charge in [-0.05, 0) is 70.9 Å². The number of hydrogen-bond acceptors (Lipinski definition) is 4. The second-order valence-corrected chi connectivity index (χ2v) is 8.31. The monoisotopic (exact) mass is 453 g/mol. The van der Waals surface area contributed by atoms with E-state index in [4.69, 9.17) is 16.3 Å². The number of hydrogen-bond donors (Lipinski definition) is 0. The van der Waals surface area contributed by atoms with Crippen LogP contribution in [0.15, 0.2) is 77.7 Å². The lowest BCUT2D eigenvalue weighted by Gasteiger charge is -2.12. The van der Waals surface area contributed by atoms with E-state index in [2.05, 4.69) is 0 Å². The minimum Gasteiger partial charge on any atom is -0.489 e. The summed E-state index contributed by atoms with van der Waals surface area (Å²) in [5, 5.41) is 0.294. The van der Waals surface area contributed by atoms with Gasteiger partial charge in [0, 0.05) is 5.02 Å². The molecule has 3 aromatic carbocycles. The predicted molar refractivity (Wildman–Crippen MR) is 120 cm³/mol. The van der Waals surface area contributed by atoms with E-state index in [9.17, 15) is 14.0 Å². The summed E-state index contributed by atoms with van der Waals surface area (Å²) in [6, 6.07) is 20.4. The smallest absolute Gasteiger partial charge is 0.293 e. The van der Waals surface area contributed by atoms with Gasteiger partial charge in [0.2, 0.25) is 0 Å². The molecule has 1 aliphatic rings. The lowest BCUT2D eigenvalue weighted by molar-refractivity contribution is -0.123. The highest BCUT2D eigenvalue weighted by atomic mass is 35.5. The Labute approximate surface area is 188 Å². The van der Waals surface area contributed by atoms with Crippen LogP contribution in [0.2, 0.25) is 5.02 Å². The number of carbonyl (C=O) groups excluding carboxylic acids is 2. The quantitative estimate of drug-likeness (QED) is 0.411. The summed E-state index contributed by atoms with van der Waals surface area (Å²) in [6.07, 6.45) is 1.68. The lowest BCUT2D eigenvalue weighted by atomic mass is 10.2. The Bertz CT molecular complexity index is 1150. The molecule has 7 heteroatoms. The molecule has 4 nitrogen and oxygen atoms in total. The molecule has 3 aromatic rings. The normalized spacial score (nSPS) is 15.0. The van der Waals surface area contributed by atoms with Gasteiger partial charge in [0.05, 0.1) is 11.4 Å². The first-order chi connectivity index (χ1) is 15.0. The van der Waals surface area contributed by atoms with Gasteiger partial charge in [-0.15, -0.1) is 0 Å². The summed E-state index contributed by atoms with van der Waals surface area (Å²) in [5.74, 6) is -0.00454. The molecule has 4 rings (SSSR count). The molecule has 1 aliphatic heterocycles. The van der Waals surface area contributed by atoms with Crippen LogP contribution in [0, 0.1) is 5.82 Å². The number of amides is 2. The van der Waals surface area contributed by atoms with Gasteiger partial charge in [-0.25, -0.2) is 4.39 Å². The molecular weight excluding hydrogens is 437 g/mol. The van der Waals surface area contributed by atoms with E-state index in [0.717, 1.165) is 28.5 Å². The van der Waals surface area contributed by atoms with Crippen molar-refractivity contribution < 1.29 is 18.7 Å². The van der Waals surface area contributed by atoms with Gasteiger partial charge in [0.25, 0.3) is 11.1 Å². The first kappa shape index (κ1) is 21.2. The summed E-state index contributed by atoms with van der Waals surface area (Å²) in [5.41, 5.74) is 2.33. The number of thioether (sulfide) groups is 1. The third-order valence-corrected chi connectivity index (χ3v) is 5.76. The maximum Gasteiger partial charge on any atom is 0.293 e. The molecule has 0 aliphatic carbocycles. The van der Waals surface area contributed by atoms with E-state index in [0.29, 0.717) is 15.7 Å². The Morgan fingerprint density at radius 1 is 0.968 bits per heavy atom. The number of carbonyl (C=O) groups is 2. The van der Waals surface area contributed by atoms with Crippen LogP contribution in [0.5, 0.6) is 5.75 Å². The number of benzene rings is 3. The molecule has 1 fully saturated rings. The topological polar surface area (TPSA) is 46.6 Å². The van der Waals surface area contributed by atoms with Crippen LogP contribution in [0.4, 0.5) is 9.18 Å². The first-order valence-corrected chi connectivity index (χ1v) is 10.6. The average molecular weight is 454 g/mol. The van der Waals surface area contributed by atoms with Crippen LogP contribution in [0.1, 0.15) is 16.7 Å².